The van der Waals surface area contributed by atoms with Gasteiger partial charge in [0.1, 0.15) is 11.6 Å². The van der Waals surface area contributed by atoms with E-state index in [1.165, 1.54) is 6.07 Å². The van der Waals surface area contributed by atoms with Crippen molar-refractivity contribution in [1.82, 2.24) is 5.43 Å². The Hall–Kier alpha value is -1.62. The first kappa shape index (κ1) is 15.8. The van der Waals surface area contributed by atoms with E-state index in [4.69, 9.17) is 22.2 Å². The van der Waals surface area contributed by atoms with Gasteiger partial charge in [-0.1, -0.05) is 29.8 Å². The van der Waals surface area contributed by atoms with Crippen LogP contribution in [0, 0.1) is 5.82 Å². The van der Waals surface area contributed by atoms with Crippen LogP contribution in [0.1, 0.15) is 31.0 Å². The van der Waals surface area contributed by atoms with Crippen molar-refractivity contribution in [2.45, 2.75) is 26.0 Å². The van der Waals surface area contributed by atoms with Crippen LogP contribution in [-0.4, -0.2) is 6.10 Å². The van der Waals surface area contributed by atoms with Crippen molar-refractivity contribution in [3.8, 4) is 5.75 Å². The van der Waals surface area contributed by atoms with Crippen LogP contribution in [0.15, 0.2) is 42.5 Å². The summed E-state index contributed by atoms with van der Waals surface area (Å²) in [6.07, 6.45) is 0.105. The maximum Gasteiger partial charge on any atom is 0.129 e. The van der Waals surface area contributed by atoms with Crippen molar-refractivity contribution in [3.63, 3.8) is 0 Å². The highest BCUT2D eigenvalue weighted by atomic mass is 35.5. The highest BCUT2D eigenvalue weighted by Gasteiger charge is 2.17. The lowest BCUT2D eigenvalue weighted by Gasteiger charge is -2.18. The van der Waals surface area contributed by atoms with Crippen LogP contribution < -0.4 is 16.0 Å². The Morgan fingerprint density at radius 1 is 1.14 bits per heavy atom. The summed E-state index contributed by atoms with van der Waals surface area (Å²) in [7, 11) is 0. The Kier molecular flexibility index (Phi) is 5.17. The highest BCUT2D eigenvalue weighted by Crippen LogP contribution is 2.27. The quantitative estimate of drug-likeness (QED) is 0.652. The number of ether oxygens (including phenoxy) is 1. The molecule has 5 heteroatoms. The minimum atomic E-state index is -0.449. The lowest BCUT2D eigenvalue weighted by atomic mass is 9.99. The zero-order chi connectivity index (χ0) is 15.4. The monoisotopic (exact) mass is 308 g/mol. The van der Waals surface area contributed by atoms with Crippen molar-refractivity contribution < 1.29 is 9.13 Å². The molecule has 2 rings (SSSR count). The first-order valence-electron chi connectivity index (χ1n) is 6.69. The Balaban J connectivity index is 2.28. The second-order valence-electron chi connectivity index (χ2n) is 5.00. The van der Waals surface area contributed by atoms with E-state index >= 15 is 0 Å². The van der Waals surface area contributed by atoms with Gasteiger partial charge in [-0.3, -0.25) is 5.84 Å². The second-order valence-corrected chi connectivity index (χ2v) is 5.44. The first-order chi connectivity index (χ1) is 10.0. The summed E-state index contributed by atoms with van der Waals surface area (Å²) in [6, 6.07) is 11.5. The summed E-state index contributed by atoms with van der Waals surface area (Å²) >= 11 is 5.77. The van der Waals surface area contributed by atoms with Crippen LogP contribution in [0.2, 0.25) is 5.02 Å². The van der Waals surface area contributed by atoms with E-state index in [1.807, 2.05) is 38.1 Å². The summed E-state index contributed by atoms with van der Waals surface area (Å²) in [6.45, 7) is 3.92. The van der Waals surface area contributed by atoms with E-state index < -0.39 is 11.9 Å². The molecule has 0 saturated carbocycles. The zero-order valence-corrected chi connectivity index (χ0v) is 12.7. The Morgan fingerprint density at radius 3 is 2.33 bits per heavy atom. The van der Waals surface area contributed by atoms with Gasteiger partial charge in [0.2, 0.25) is 0 Å². The van der Waals surface area contributed by atoms with Crippen molar-refractivity contribution in [1.29, 1.82) is 0 Å². The predicted octanol–water partition coefficient (Wildman–Crippen LogP) is 3.82. The van der Waals surface area contributed by atoms with E-state index in [9.17, 15) is 4.39 Å². The molecule has 3 N–H and O–H groups in total. The van der Waals surface area contributed by atoms with Crippen molar-refractivity contribution in [2.75, 3.05) is 0 Å². The minimum Gasteiger partial charge on any atom is -0.491 e. The number of rotatable bonds is 5. The molecule has 0 fully saturated rings. The van der Waals surface area contributed by atoms with E-state index in [0.717, 1.165) is 11.3 Å². The van der Waals surface area contributed by atoms with Crippen LogP contribution in [-0.2, 0) is 0 Å². The SMILES string of the molecule is CC(C)Oc1ccc(C(NN)c2ccc(Cl)cc2F)cc1. The van der Waals surface area contributed by atoms with Gasteiger partial charge in [-0.15, -0.1) is 0 Å². The molecule has 0 aliphatic heterocycles. The number of benzene rings is 2. The predicted molar refractivity (Wildman–Crippen MR) is 82.8 cm³/mol. The van der Waals surface area contributed by atoms with Gasteiger partial charge < -0.3 is 4.74 Å². The van der Waals surface area contributed by atoms with Crippen LogP contribution in [0.3, 0.4) is 0 Å². The normalized spacial score (nSPS) is 12.5. The third-order valence-electron chi connectivity index (χ3n) is 3.03. The number of halogens is 2. The fourth-order valence-corrected chi connectivity index (χ4v) is 2.27. The number of hydrogen-bond acceptors (Lipinski definition) is 3. The molecule has 0 bridgehead atoms. The molecule has 1 atom stereocenters. The van der Waals surface area contributed by atoms with Crippen LogP contribution in [0.25, 0.3) is 0 Å². The number of hydrazine groups is 1. The molecule has 0 aromatic heterocycles. The molecule has 2 aromatic rings. The van der Waals surface area contributed by atoms with E-state index in [-0.39, 0.29) is 6.10 Å². The average molecular weight is 309 g/mol. The molecule has 1 unspecified atom stereocenters. The van der Waals surface area contributed by atoms with E-state index in [1.54, 1.807) is 12.1 Å². The lowest BCUT2D eigenvalue weighted by molar-refractivity contribution is 0.242. The molecule has 0 radical (unpaired) electrons. The maximum atomic E-state index is 14.0. The van der Waals surface area contributed by atoms with Gasteiger partial charge in [0.25, 0.3) is 0 Å². The van der Waals surface area contributed by atoms with Crippen molar-refractivity contribution in [2.24, 2.45) is 5.84 Å². The van der Waals surface area contributed by atoms with Gasteiger partial charge in [-0.2, -0.15) is 0 Å². The topological polar surface area (TPSA) is 47.3 Å². The number of nitrogens with two attached hydrogens (primary N) is 1. The van der Waals surface area contributed by atoms with Gasteiger partial charge >= 0.3 is 0 Å². The van der Waals surface area contributed by atoms with Crippen molar-refractivity contribution in [3.05, 3.63) is 64.4 Å². The Morgan fingerprint density at radius 2 is 1.81 bits per heavy atom. The first-order valence-corrected chi connectivity index (χ1v) is 7.06. The highest BCUT2D eigenvalue weighted by molar-refractivity contribution is 6.30. The summed E-state index contributed by atoms with van der Waals surface area (Å²) in [5, 5.41) is 0.354. The van der Waals surface area contributed by atoms with Gasteiger partial charge in [0.05, 0.1) is 12.1 Å². The summed E-state index contributed by atoms with van der Waals surface area (Å²) in [5.41, 5.74) is 3.92. The van der Waals surface area contributed by atoms with E-state index in [0.29, 0.717) is 10.6 Å². The van der Waals surface area contributed by atoms with Crippen LogP contribution >= 0.6 is 11.6 Å². The fraction of sp³-hybridized carbons (Fsp3) is 0.250. The van der Waals surface area contributed by atoms with Gasteiger partial charge in [-0.25, -0.2) is 9.82 Å². The number of nitrogens with one attached hydrogen (secondary N) is 1. The molecule has 0 aliphatic carbocycles. The Labute approximate surface area is 128 Å². The molecule has 0 amide bonds. The fourth-order valence-electron chi connectivity index (χ4n) is 2.11. The van der Waals surface area contributed by atoms with Gasteiger partial charge in [-0.05, 0) is 43.7 Å². The van der Waals surface area contributed by atoms with Crippen LogP contribution in [0.5, 0.6) is 5.75 Å². The Bertz CT molecular complexity index is 602. The zero-order valence-electron chi connectivity index (χ0n) is 11.9. The summed E-state index contributed by atoms with van der Waals surface area (Å²) in [5.74, 6) is 5.95. The third-order valence-corrected chi connectivity index (χ3v) is 3.26. The molecule has 0 heterocycles. The summed E-state index contributed by atoms with van der Waals surface area (Å²) in [4.78, 5) is 0. The summed E-state index contributed by atoms with van der Waals surface area (Å²) < 4.78 is 19.6. The van der Waals surface area contributed by atoms with Gasteiger partial charge in [0, 0.05) is 10.6 Å². The standard InChI is InChI=1S/C16H18ClFN2O/c1-10(2)21-13-6-3-11(4-7-13)16(20-19)14-8-5-12(17)9-15(14)18/h3-10,16,20H,19H2,1-2H3. The number of hydrogen-bond donors (Lipinski definition) is 2. The molecule has 0 spiro atoms. The van der Waals surface area contributed by atoms with Crippen molar-refractivity contribution >= 4 is 11.6 Å². The van der Waals surface area contributed by atoms with E-state index in [2.05, 4.69) is 5.43 Å². The molecule has 0 aliphatic rings. The largest absolute Gasteiger partial charge is 0.491 e. The molecular formula is C16H18ClFN2O. The molecule has 0 saturated heterocycles. The van der Waals surface area contributed by atoms with Crippen LogP contribution in [0.4, 0.5) is 4.39 Å². The smallest absolute Gasteiger partial charge is 0.129 e. The second kappa shape index (κ2) is 6.89. The average Bonchev–Trinajstić information content (AvgIpc) is 2.43. The molecule has 21 heavy (non-hydrogen) atoms. The molecule has 2 aromatic carbocycles. The lowest BCUT2D eigenvalue weighted by Crippen LogP contribution is -2.29. The van der Waals surface area contributed by atoms with Gasteiger partial charge in [0.15, 0.2) is 0 Å². The molecule has 3 nitrogen and oxygen atoms in total. The third kappa shape index (κ3) is 3.94. The molecular weight excluding hydrogens is 291 g/mol. The molecule has 112 valence electrons. The minimum absolute atomic E-state index is 0.105. The maximum absolute atomic E-state index is 14.0.